The first-order valence-electron chi connectivity index (χ1n) is 10.8. The lowest BCUT2D eigenvalue weighted by atomic mass is 10.1. The van der Waals surface area contributed by atoms with Crippen molar-refractivity contribution in [2.45, 2.75) is 26.9 Å². The molecule has 0 fully saturated rings. The molecule has 0 spiro atoms. The molecular formula is C28H24O2Si. The van der Waals surface area contributed by atoms with Gasteiger partial charge in [-0.1, -0.05) is 71.0 Å². The van der Waals surface area contributed by atoms with Crippen molar-refractivity contribution in [2.24, 2.45) is 0 Å². The molecule has 0 bridgehead atoms. The monoisotopic (exact) mass is 420 g/mol. The van der Waals surface area contributed by atoms with Gasteiger partial charge >= 0.3 is 0 Å². The van der Waals surface area contributed by atoms with Crippen LogP contribution in [-0.4, -0.2) is 8.07 Å². The molecule has 0 aliphatic heterocycles. The van der Waals surface area contributed by atoms with Crippen molar-refractivity contribution < 1.29 is 8.83 Å². The van der Waals surface area contributed by atoms with Crippen LogP contribution >= 0.6 is 0 Å². The summed E-state index contributed by atoms with van der Waals surface area (Å²) in [5, 5.41) is 7.64. The van der Waals surface area contributed by atoms with E-state index in [0.29, 0.717) is 0 Å². The lowest BCUT2D eigenvalue weighted by Crippen LogP contribution is -2.52. The highest BCUT2D eigenvalue weighted by molar-refractivity contribution is 7.00. The molecule has 0 unspecified atom stereocenters. The molecule has 152 valence electrons. The van der Waals surface area contributed by atoms with Gasteiger partial charge in [0.15, 0.2) is 0 Å². The maximum absolute atomic E-state index is 6.09. The van der Waals surface area contributed by atoms with Crippen molar-refractivity contribution in [1.82, 2.24) is 0 Å². The van der Waals surface area contributed by atoms with Gasteiger partial charge in [-0.2, -0.15) is 0 Å². The van der Waals surface area contributed by atoms with E-state index < -0.39 is 8.07 Å². The van der Waals surface area contributed by atoms with Crippen LogP contribution in [0.2, 0.25) is 13.1 Å². The summed E-state index contributed by atoms with van der Waals surface area (Å²) in [7, 11) is -1.92. The summed E-state index contributed by atoms with van der Waals surface area (Å²) in [6.07, 6.45) is 0. The van der Waals surface area contributed by atoms with Crippen molar-refractivity contribution in [2.75, 3.05) is 0 Å². The van der Waals surface area contributed by atoms with Crippen molar-refractivity contribution in [3.05, 3.63) is 83.9 Å². The number of fused-ring (bicyclic) bond motifs is 6. The van der Waals surface area contributed by atoms with Gasteiger partial charge in [0.1, 0.15) is 30.4 Å². The third-order valence-corrected chi connectivity index (χ3v) is 10.2. The van der Waals surface area contributed by atoms with Gasteiger partial charge < -0.3 is 8.83 Å². The Morgan fingerprint density at radius 1 is 0.484 bits per heavy atom. The molecule has 3 heteroatoms. The highest BCUT2D eigenvalue weighted by atomic mass is 28.3. The fraction of sp³-hybridized carbons (Fsp3) is 0.143. The fourth-order valence-corrected chi connectivity index (χ4v) is 7.07. The number of hydrogen-bond acceptors (Lipinski definition) is 2. The molecule has 0 N–H and O–H groups in total. The number of rotatable bonds is 2. The molecular weight excluding hydrogens is 396 g/mol. The number of aryl methyl sites for hydroxylation is 2. The first-order chi connectivity index (χ1) is 14.9. The SMILES string of the molecule is Cc1ccc2oc3ccc([Si](C)(C)c4ccc5oc6ccc(C)cc6c5c4)cc3c2c1. The first kappa shape index (κ1) is 18.5. The summed E-state index contributed by atoms with van der Waals surface area (Å²) >= 11 is 0. The van der Waals surface area contributed by atoms with Gasteiger partial charge in [0, 0.05) is 21.5 Å². The van der Waals surface area contributed by atoms with E-state index in [1.165, 1.54) is 43.0 Å². The van der Waals surface area contributed by atoms with Crippen LogP contribution in [0.5, 0.6) is 0 Å². The second-order valence-electron chi connectivity index (χ2n) is 9.25. The highest BCUT2D eigenvalue weighted by Crippen LogP contribution is 2.31. The van der Waals surface area contributed by atoms with Crippen molar-refractivity contribution in [3.63, 3.8) is 0 Å². The van der Waals surface area contributed by atoms with Gasteiger partial charge in [0.25, 0.3) is 0 Å². The molecule has 0 aliphatic carbocycles. The summed E-state index contributed by atoms with van der Waals surface area (Å²) in [4.78, 5) is 0. The molecule has 0 aliphatic rings. The Balaban J connectivity index is 1.54. The van der Waals surface area contributed by atoms with E-state index >= 15 is 0 Å². The van der Waals surface area contributed by atoms with Gasteiger partial charge in [-0.15, -0.1) is 0 Å². The fourth-order valence-electron chi connectivity index (χ4n) is 4.73. The van der Waals surface area contributed by atoms with Crippen LogP contribution in [0.1, 0.15) is 11.1 Å². The van der Waals surface area contributed by atoms with Gasteiger partial charge in [-0.25, -0.2) is 0 Å². The smallest absolute Gasteiger partial charge is 0.135 e. The molecule has 0 radical (unpaired) electrons. The molecule has 6 rings (SSSR count). The zero-order valence-corrected chi connectivity index (χ0v) is 19.2. The summed E-state index contributed by atoms with van der Waals surface area (Å²) < 4.78 is 12.2. The molecule has 0 saturated carbocycles. The van der Waals surface area contributed by atoms with Crippen LogP contribution in [0, 0.1) is 13.8 Å². The second-order valence-corrected chi connectivity index (χ2v) is 13.7. The lowest BCUT2D eigenvalue weighted by molar-refractivity contribution is 0.668. The summed E-state index contributed by atoms with van der Waals surface area (Å²) in [6.45, 7) is 9.12. The van der Waals surface area contributed by atoms with Crippen LogP contribution in [-0.2, 0) is 0 Å². The van der Waals surface area contributed by atoms with Crippen LogP contribution in [0.4, 0.5) is 0 Å². The van der Waals surface area contributed by atoms with E-state index in [0.717, 1.165) is 22.3 Å². The van der Waals surface area contributed by atoms with Crippen molar-refractivity contribution >= 4 is 62.3 Å². The molecule has 6 aromatic rings. The molecule has 0 atom stereocenters. The van der Waals surface area contributed by atoms with Crippen LogP contribution < -0.4 is 10.4 Å². The van der Waals surface area contributed by atoms with Gasteiger partial charge in [0.2, 0.25) is 0 Å². The summed E-state index contributed by atoms with van der Waals surface area (Å²) in [5.41, 5.74) is 6.34. The Bertz CT molecular complexity index is 1510. The van der Waals surface area contributed by atoms with Crippen LogP contribution in [0.15, 0.2) is 81.6 Å². The normalized spacial score (nSPS) is 12.5. The number of furan rings is 2. The molecule has 4 aromatic carbocycles. The second kappa shape index (κ2) is 6.35. The third-order valence-electron chi connectivity index (χ3n) is 6.69. The predicted molar refractivity (Wildman–Crippen MR) is 134 cm³/mol. The van der Waals surface area contributed by atoms with Gasteiger partial charge in [0.05, 0.1) is 0 Å². The minimum Gasteiger partial charge on any atom is -0.456 e. The van der Waals surface area contributed by atoms with Gasteiger partial charge in [-0.05, 0) is 50.2 Å². The van der Waals surface area contributed by atoms with E-state index in [1.807, 2.05) is 0 Å². The Hall–Kier alpha value is -3.30. The average Bonchev–Trinajstić information content (AvgIpc) is 3.30. The Labute approximate surface area is 182 Å². The maximum Gasteiger partial charge on any atom is 0.135 e. The lowest BCUT2D eigenvalue weighted by Gasteiger charge is -2.24. The quantitative estimate of drug-likeness (QED) is 0.284. The van der Waals surface area contributed by atoms with E-state index in [1.54, 1.807) is 0 Å². The zero-order chi connectivity index (χ0) is 21.3. The number of benzene rings is 4. The minimum absolute atomic E-state index is 0.957. The Morgan fingerprint density at radius 3 is 1.26 bits per heavy atom. The summed E-state index contributed by atoms with van der Waals surface area (Å²) in [6, 6.07) is 26.3. The summed E-state index contributed by atoms with van der Waals surface area (Å²) in [5.74, 6) is 0. The first-order valence-corrected chi connectivity index (χ1v) is 13.8. The van der Waals surface area contributed by atoms with Crippen LogP contribution in [0.25, 0.3) is 43.9 Å². The van der Waals surface area contributed by atoms with E-state index in [-0.39, 0.29) is 0 Å². The molecule has 0 saturated heterocycles. The molecule has 0 amide bonds. The molecule has 2 heterocycles. The predicted octanol–water partition coefficient (Wildman–Crippen LogP) is 6.92. The van der Waals surface area contributed by atoms with Crippen molar-refractivity contribution in [1.29, 1.82) is 0 Å². The van der Waals surface area contributed by atoms with E-state index in [4.69, 9.17) is 8.83 Å². The largest absolute Gasteiger partial charge is 0.456 e. The highest BCUT2D eigenvalue weighted by Gasteiger charge is 2.27. The van der Waals surface area contributed by atoms with Gasteiger partial charge in [-0.3, -0.25) is 0 Å². The molecule has 31 heavy (non-hydrogen) atoms. The molecule has 2 aromatic heterocycles. The van der Waals surface area contributed by atoms with Crippen LogP contribution in [0.3, 0.4) is 0 Å². The zero-order valence-electron chi connectivity index (χ0n) is 18.2. The van der Waals surface area contributed by atoms with E-state index in [9.17, 15) is 0 Å². The topological polar surface area (TPSA) is 26.3 Å². The standard InChI is InChI=1S/C28H24O2Si/c1-17-5-9-25-21(13-17)23-15-19(7-11-27(23)29-25)31(3,4)20-8-12-28-24(16-20)22-14-18(2)6-10-26(22)30-28/h5-16H,1-4H3. The Kier molecular flexibility index (Phi) is 3.78. The number of hydrogen-bond donors (Lipinski definition) is 0. The molecule has 2 nitrogen and oxygen atoms in total. The third kappa shape index (κ3) is 2.77. The van der Waals surface area contributed by atoms with E-state index in [2.05, 4.69) is 99.7 Å². The average molecular weight is 421 g/mol. The Morgan fingerprint density at radius 2 is 0.839 bits per heavy atom. The maximum atomic E-state index is 6.09. The minimum atomic E-state index is -1.92. The van der Waals surface area contributed by atoms with Crippen molar-refractivity contribution in [3.8, 4) is 0 Å².